The SMILES string of the molecule is CC(C)C[C@H](N)C(=O)OBO. The Hall–Kier alpha value is -0.545. The van der Waals surface area contributed by atoms with Crippen molar-refractivity contribution in [2.75, 3.05) is 0 Å². The Morgan fingerprint density at radius 1 is 1.73 bits per heavy atom. The van der Waals surface area contributed by atoms with E-state index in [-0.39, 0.29) is 0 Å². The van der Waals surface area contributed by atoms with Gasteiger partial charge in [-0.1, -0.05) is 13.8 Å². The standard InChI is InChI=1S/C6H14BNO3/c1-4(2)3-5(8)6(9)11-7-10/h4-5,7,10H,3,8H2,1-2H3/t5-/m0/s1. The van der Waals surface area contributed by atoms with Gasteiger partial charge in [-0.05, 0) is 12.3 Å². The van der Waals surface area contributed by atoms with Crippen molar-refractivity contribution in [2.45, 2.75) is 26.3 Å². The first-order valence-electron chi connectivity index (χ1n) is 3.61. The predicted octanol–water partition coefficient (Wildman–Crippen LogP) is -0.838. The monoisotopic (exact) mass is 159 g/mol. The summed E-state index contributed by atoms with van der Waals surface area (Å²) in [5.41, 5.74) is 5.42. The van der Waals surface area contributed by atoms with Crippen LogP contribution in [0.3, 0.4) is 0 Å². The summed E-state index contributed by atoms with van der Waals surface area (Å²) in [7, 11) is -0.593. The zero-order valence-electron chi connectivity index (χ0n) is 6.91. The maximum atomic E-state index is 10.8. The normalized spacial score (nSPS) is 12.8. The van der Waals surface area contributed by atoms with E-state index >= 15 is 0 Å². The molecule has 3 N–H and O–H groups in total. The van der Waals surface area contributed by atoms with Crippen molar-refractivity contribution >= 4 is 13.7 Å². The second-order valence-corrected chi connectivity index (χ2v) is 2.83. The Morgan fingerprint density at radius 3 is 2.64 bits per heavy atom. The lowest BCUT2D eigenvalue weighted by Gasteiger charge is -2.11. The molecule has 4 nitrogen and oxygen atoms in total. The molecule has 1 atom stereocenters. The number of nitrogens with two attached hydrogens (primary N) is 1. The molecule has 0 aliphatic rings. The molecule has 0 amide bonds. The highest BCUT2D eigenvalue weighted by atomic mass is 16.6. The summed E-state index contributed by atoms with van der Waals surface area (Å²) >= 11 is 0. The van der Waals surface area contributed by atoms with Crippen molar-refractivity contribution in [1.29, 1.82) is 0 Å². The van der Waals surface area contributed by atoms with Gasteiger partial charge in [0.2, 0.25) is 0 Å². The Balaban J connectivity index is 3.64. The lowest BCUT2D eigenvalue weighted by Crippen LogP contribution is -2.34. The summed E-state index contributed by atoms with van der Waals surface area (Å²) in [6.45, 7) is 3.93. The van der Waals surface area contributed by atoms with Gasteiger partial charge in [0.25, 0.3) is 0 Å². The van der Waals surface area contributed by atoms with Crippen LogP contribution in [-0.2, 0) is 9.45 Å². The van der Waals surface area contributed by atoms with Gasteiger partial charge in [-0.2, -0.15) is 0 Å². The molecule has 0 aliphatic carbocycles. The number of hydrogen-bond acceptors (Lipinski definition) is 4. The van der Waals surface area contributed by atoms with Crippen molar-refractivity contribution in [2.24, 2.45) is 11.7 Å². The van der Waals surface area contributed by atoms with Gasteiger partial charge < -0.3 is 15.4 Å². The molecule has 0 saturated carbocycles. The molecule has 0 unspecified atom stereocenters. The molecule has 0 aliphatic heterocycles. The van der Waals surface area contributed by atoms with Crippen LogP contribution in [0.4, 0.5) is 0 Å². The number of carbonyl (C=O) groups excluding carboxylic acids is 1. The highest BCUT2D eigenvalue weighted by molar-refractivity contribution is 6.20. The average Bonchev–Trinajstić information content (AvgIpc) is 1.86. The minimum atomic E-state index is -0.609. The van der Waals surface area contributed by atoms with Crippen molar-refractivity contribution < 1.29 is 14.5 Å². The summed E-state index contributed by atoms with van der Waals surface area (Å²) in [6, 6.07) is -0.609. The van der Waals surface area contributed by atoms with E-state index in [2.05, 4.69) is 4.65 Å². The van der Waals surface area contributed by atoms with Gasteiger partial charge in [-0.3, -0.25) is 4.79 Å². The molecule has 11 heavy (non-hydrogen) atoms. The van der Waals surface area contributed by atoms with Crippen LogP contribution in [0.2, 0.25) is 0 Å². The third kappa shape index (κ3) is 4.81. The summed E-state index contributed by atoms with van der Waals surface area (Å²) in [6.07, 6.45) is 0.582. The second-order valence-electron chi connectivity index (χ2n) is 2.83. The van der Waals surface area contributed by atoms with Crippen LogP contribution in [0.25, 0.3) is 0 Å². The van der Waals surface area contributed by atoms with Gasteiger partial charge in [-0.15, -0.1) is 0 Å². The smallest absolute Gasteiger partial charge is 0.506 e. The zero-order valence-corrected chi connectivity index (χ0v) is 6.91. The molecule has 0 aromatic carbocycles. The summed E-state index contributed by atoms with van der Waals surface area (Å²) in [5.74, 6) is -0.183. The molecule has 0 heterocycles. The molecule has 0 saturated heterocycles. The van der Waals surface area contributed by atoms with Gasteiger partial charge >= 0.3 is 13.7 Å². The van der Waals surface area contributed by atoms with Crippen molar-refractivity contribution in [3.8, 4) is 0 Å². The lowest BCUT2D eigenvalue weighted by atomic mass is 10.0. The van der Waals surface area contributed by atoms with Crippen LogP contribution >= 0.6 is 0 Å². The van der Waals surface area contributed by atoms with Gasteiger partial charge in [0, 0.05) is 0 Å². The molecule has 5 heteroatoms. The van der Waals surface area contributed by atoms with E-state index in [1.807, 2.05) is 13.8 Å². The Labute approximate surface area is 67.0 Å². The quantitative estimate of drug-likeness (QED) is 0.524. The molecule has 0 spiro atoms. The minimum Gasteiger partial charge on any atom is -0.511 e. The van der Waals surface area contributed by atoms with Gasteiger partial charge in [0.05, 0.1) is 0 Å². The van der Waals surface area contributed by atoms with E-state index in [1.165, 1.54) is 0 Å². The molecule has 64 valence electrons. The maximum absolute atomic E-state index is 10.8. The van der Waals surface area contributed by atoms with E-state index in [0.29, 0.717) is 12.3 Å². The average molecular weight is 159 g/mol. The van der Waals surface area contributed by atoms with Crippen LogP contribution in [0.15, 0.2) is 0 Å². The van der Waals surface area contributed by atoms with Crippen LogP contribution < -0.4 is 5.73 Å². The van der Waals surface area contributed by atoms with Crippen LogP contribution in [0.5, 0.6) is 0 Å². The fourth-order valence-electron chi connectivity index (χ4n) is 0.775. The lowest BCUT2D eigenvalue weighted by molar-refractivity contribution is -0.136. The van der Waals surface area contributed by atoms with Gasteiger partial charge in [0.1, 0.15) is 6.04 Å². The van der Waals surface area contributed by atoms with Gasteiger partial charge in [0.15, 0.2) is 0 Å². The largest absolute Gasteiger partial charge is 0.511 e. The number of rotatable bonds is 4. The van der Waals surface area contributed by atoms with E-state index in [4.69, 9.17) is 10.8 Å². The predicted molar refractivity (Wildman–Crippen MR) is 42.9 cm³/mol. The molecule has 0 radical (unpaired) electrons. The van der Waals surface area contributed by atoms with E-state index in [9.17, 15) is 4.79 Å². The maximum Gasteiger partial charge on any atom is 0.506 e. The fraction of sp³-hybridized carbons (Fsp3) is 0.833. The highest BCUT2D eigenvalue weighted by Gasteiger charge is 2.15. The molecule has 0 bridgehead atoms. The van der Waals surface area contributed by atoms with Crippen molar-refractivity contribution in [3.63, 3.8) is 0 Å². The molecule has 0 aromatic rings. The highest BCUT2D eigenvalue weighted by Crippen LogP contribution is 2.03. The van der Waals surface area contributed by atoms with Crippen LogP contribution in [-0.4, -0.2) is 24.7 Å². The Bertz CT molecular complexity index is 129. The third-order valence-electron chi connectivity index (χ3n) is 1.23. The number of carbonyl (C=O) groups is 1. The summed E-state index contributed by atoms with van der Waals surface area (Å²) in [5, 5.41) is 8.22. The topological polar surface area (TPSA) is 72.6 Å². The number of hydrogen-bond donors (Lipinski definition) is 2. The van der Waals surface area contributed by atoms with Crippen molar-refractivity contribution in [3.05, 3.63) is 0 Å². The minimum absolute atomic E-state index is 0.358. The van der Waals surface area contributed by atoms with Gasteiger partial charge in [-0.25, -0.2) is 0 Å². The molecule has 0 rings (SSSR count). The fourth-order valence-corrected chi connectivity index (χ4v) is 0.775. The van der Waals surface area contributed by atoms with E-state index < -0.39 is 19.7 Å². The van der Waals surface area contributed by atoms with Crippen molar-refractivity contribution in [1.82, 2.24) is 0 Å². The Kier molecular flexibility index (Phi) is 4.90. The molecule has 0 fully saturated rings. The van der Waals surface area contributed by atoms with Crippen LogP contribution in [0, 0.1) is 5.92 Å². The van der Waals surface area contributed by atoms with E-state index in [0.717, 1.165) is 0 Å². The zero-order chi connectivity index (χ0) is 8.85. The first kappa shape index (κ1) is 10.5. The summed E-state index contributed by atoms with van der Waals surface area (Å²) < 4.78 is 4.30. The summed E-state index contributed by atoms with van der Waals surface area (Å²) in [4.78, 5) is 10.8. The van der Waals surface area contributed by atoms with Crippen LogP contribution in [0.1, 0.15) is 20.3 Å². The first-order chi connectivity index (χ1) is 5.07. The molecular formula is C6H14BNO3. The molecular weight excluding hydrogens is 145 g/mol. The Morgan fingerprint density at radius 2 is 2.27 bits per heavy atom. The molecule has 0 aromatic heterocycles. The third-order valence-corrected chi connectivity index (χ3v) is 1.23. The second kappa shape index (κ2) is 5.15. The van der Waals surface area contributed by atoms with E-state index in [1.54, 1.807) is 0 Å². The first-order valence-corrected chi connectivity index (χ1v) is 3.61.